The van der Waals surface area contributed by atoms with Gasteiger partial charge in [0.1, 0.15) is 12.4 Å². The minimum absolute atomic E-state index is 0.110. The molecule has 1 aromatic rings. The summed E-state index contributed by atoms with van der Waals surface area (Å²) in [7, 11) is 0. The highest BCUT2D eigenvalue weighted by Gasteiger charge is 2.11. The highest BCUT2D eigenvalue weighted by atomic mass is 19.3. The van der Waals surface area contributed by atoms with E-state index in [0.29, 0.717) is 12.5 Å². The molecule has 0 saturated heterocycles. The zero-order valence-corrected chi connectivity index (χ0v) is 15.8. The van der Waals surface area contributed by atoms with E-state index in [-0.39, 0.29) is 18.4 Å². The molecular weight excluding hydrogens is 326 g/mol. The molecule has 144 valence electrons. The van der Waals surface area contributed by atoms with Crippen LogP contribution in [-0.2, 0) is 6.54 Å². The Morgan fingerprint density at radius 1 is 1.32 bits per heavy atom. The van der Waals surface area contributed by atoms with Crippen LogP contribution < -0.4 is 10.6 Å². The Labute approximate surface area is 149 Å². The molecule has 1 rings (SSSR count). The van der Waals surface area contributed by atoms with Gasteiger partial charge in [0, 0.05) is 25.0 Å². The van der Waals surface area contributed by atoms with Crippen molar-refractivity contribution in [2.24, 2.45) is 4.99 Å². The summed E-state index contributed by atoms with van der Waals surface area (Å²) in [5.74, 6) is 0.878. The SMILES string of the molecule is CCNC(=NCc1nccn1C(F)F)NC(C)CCCN(CC)CC. The highest BCUT2D eigenvalue weighted by molar-refractivity contribution is 5.79. The predicted octanol–water partition coefficient (Wildman–Crippen LogP) is 2.84. The van der Waals surface area contributed by atoms with Gasteiger partial charge in [-0.05, 0) is 46.3 Å². The second kappa shape index (κ2) is 11.8. The standard InChI is InChI=1S/C17H32F2N6/c1-5-20-17(22-13-15-21-10-12-25(15)16(18)19)23-14(4)9-8-11-24(6-2)7-3/h10,12,14,16H,5-9,11,13H2,1-4H3,(H2,20,22,23). The zero-order valence-electron chi connectivity index (χ0n) is 15.8. The molecule has 1 heterocycles. The fraction of sp³-hybridized carbons (Fsp3) is 0.765. The average Bonchev–Trinajstić information content (AvgIpc) is 3.05. The lowest BCUT2D eigenvalue weighted by molar-refractivity contribution is 0.0671. The van der Waals surface area contributed by atoms with Gasteiger partial charge in [0.05, 0.1) is 0 Å². The van der Waals surface area contributed by atoms with Crippen molar-refractivity contribution in [1.29, 1.82) is 0 Å². The fourth-order valence-corrected chi connectivity index (χ4v) is 2.58. The highest BCUT2D eigenvalue weighted by Crippen LogP contribution is 2.12. The normalized spacial score (nSPS) is 13.5. The Hall–Kier alpha value is -1.70. The van der Waals surface area contributed by atoms with Crippen molar-refractivity contribution in [3.05, 3.63) is 18.2 Å². The lowest BCUT2D eigenvalue weighted by atomic mass is 10.2. The lowest BCUT2D eigenvalue weighted by Crippen LogP contribution is -2.42. The van der Waals surface area contributed by atoms with Crippen LogP contribution in [0.3, 0.4) is 0 Å². The Kier molecular flexibility index (Phi) is 10.1. The van der Waals surface area contributed by atoms with Crippen molar-refractivity contribution in [1.82, 2.24) is 25.1 Å². The predicted molar refractivity (Wildman–Crippen MR) is 97.9 cm³/mol. The van der Waals surface area contributed by atoms with Crippen molar-refractivity contribution < 1.29 is 8.78 Å². The van der Waals surface area contributed by atoms with E-state index in [1.54, 1.807) is 0 Å². The maximum atomic E-state index is 12.8. The summed E-state index contributed by atoms with van der Waals surface area (Å²) in [6, 6.07) is 0.253. The zero-order chi connectivity index (χ0) is 18.7. The topological polar surface area (TPSA) is 57.5 Å². The second-order valence-corrected chi connectivity index (χ2v) is 5.94. The number of nitrogens with zero attached hydrogens (tertiary/aromatic N) is 4. The molecule has 1 atom stereocenters. The maximum Gasteiger partial charge on any atom is 0.319 e. The van der Waals surface area contributed by atoms with E-state index in [1.807, 2.05) is 6.92 Å². The van der Waals surface area contributed by atoms with E-state index in [1.165, 1.54) is 12.4 Å². The summed E-state index contributed by atoms with van der Waals surface area (Å²) in [6.45, 7) is 9.87. The third-order valence-electron chi connectivity index (χ3n) is 4.07. The van der Waals surface area contributed by atoms with E-state index in [4.69, 9.17) is 0 Å². The summed E-state index contributed by atoms with van der Waals surface area (Å²) in [6.07, 6.45) is 4.76. The lowest BCUT2D eigenvalue weighted by Gasteiger charge is -2.21. The average molecular weight is 358 g/mol. The molecule has 0 aliphatic carbocycles. The number of guanidine groups is 1. The Balaban J connectivity index is 2.53. The van der Waals surface area contributed by atoms with Gasteiger partial charge in [-0.15, -0.1) is 0 Å². The van der Waals surface area contributed by atoms with Crippen LogP contribution in [0.15, 0.2) is 17.4 Å². The summed E-state index contributed by atoms with van der Waals surface area (Å²) < 4.78 is 26.5. The molecule has 2 N–H and O–H groups in total. The van der Waals surface area contributed by atoms with Gasteiger partial charge in [-0.3, -0.25) is 4.57 Å². The van der Waals surface area contributed by atoms with Crippen LogP contribution >= 0.6 is 0 Å². The van der Waals surface area contributed by atoms with E-state index >= 15 is 0 Å². The molecular formula is C17H32F2N6. The molecule has 0 saturated carbocycles. The van der Waals surface area contributed by atoms with E-state index in [0.717, 1.165) is 37.0 Å². The van der Waals surface area contributed by atoms with E-state index in [2.05, 4.69) is 46.3 Å². The molecule has 0 radical (unpaired) electrons. The molecule has 1 aromatic heterocycles. The molecule has 1 unspecified atom stereocenters. The molecule has 0 bridgehead atoms. The third-order valence-corrected chi connectivity index (χ3v) is 4.07. The van der Waals surface area contributed by atoms with Crippen molar-refractivity contribution in [3.63, 3.8) is 0 Å². The van der Waals surface area contributed by atoms with Crippen LogP contribution in [0.5, 0.6) is 0 Å². The number of aliphatic imine (C=N–C) groups is 1. The van der Waals surface area contributed by atoms with Crippen molar-refractivity contribution in [2.75, 3.05) is 26.2 Å². The first kappa shape index (κ1) is 21.3. The van der Waals surface area contributed by atoms with Gasteiger partial charge in [-0.25, -0.2) is 9.98 Å². The van der Waals surface area contributed by atoms with Crippen molar-refractivity contribution in [2.45, 2.75) is 59.7 Å². The molecule has 6 nitrogen and oxygen atoms in total. The number of hydrogen-bond donors (Lipinski definition) is 2. The van der Waals surface area contributed by atoms with E-state index in [9.17, 15) is 8.78 Å². The monoisotopic (exact) mass is 358 g/mol. The van der Waals surface area contributed by atoms with Crippen molar-refractivity contribution in [3.8, 4) is 0 Å². The molecule has 8 heteroatoms. The van der Waals surface area contributed by atoms with Crippen LogP contribution in [0, 0.1) is 0 Å². The summed E-state index contributed by atoms with van der Waals surface area (Å²) in [5, 5.41) is 6.48. The van der Waals surface area contributed by atoms with Crippen LogP contribution in [-0.4, -0.2) is 52.6 Å². The van der Waals surface area contributed by atoms with Gasteiger partial charge in [0.15, 0.2) is 5.96 Å². The molecule has 0 spiro atoms. The molecule has 0 amide bonds. The number of alkyl halides is 2. The minimum Gasteiger partial charge on any atom is -0.357 e. The maximum absolute atomic E-state index is 12.8. The number of aromatic nitrogens is 2. The summed E-state index contributed by atoms with van der Waals surface area (Å²) >= 11 is 0. The number of hydrogen-bond acceptors (Lipinski definition) is 3. The van der Waals surface area contributed by atoms with Gasteiger partial charge in [-0.1, -0.05) is 13.8 Å². The van der Waals surface area contributed by atoms with Gasteiger partial charge in [0.25, 0.3) is 0 Å². The van der Waals surface area contributed by atoms with Gasteiger partial charge in [0.2, 0.25) is 0 Å². The summed E-state index contributed by atoms with van der Waals surface area (Å²) in [4.78, 5) is 10.7. The minimum atomic E-state index is -2.60. The number of nitrogens with one attached hydrogen (secondary N) is 2. The number of imidazole rings is 1. The molecule has 25 heavy (non-hydrogen) atoms. The first-order chi connectivity index (χ1) is 12.0. The Morgan fingerprint density at radius 3 is 2.64 bits per heavy atom. The van der Waals surface area contributed by atoms with E-state index < -0.39 is 6.55 Å². The van der Waals surface area contributed by atoms with Gasteiger partial charge >= 0.3 is 6.55 Å². The van der Waals surface area contributed by atoms with Crippen molar-refractivity contribution >= 4 is 5.96 Å². The van der Waals surface area contributed by atoms with Crippen LogP contribution in [0.4, 0.5) is 8.78 Å². The first-order valence-electron chi connectivity index (χ1n) is 9.08. The Morgan fingerprint density at radius 2 is 2.04 bits per heavy atom. The van der Waals surface area contributed by atoms with Gasteiger partial charge < -0.3 is 15.5 Å². The first-order valence-corrected chi connectivity index (χ1v) is 9.08. The van der Waals surface area contributed by atoms with Crippen LogP contribution in [0.25, 0.3) is 0 Å². The molecule has 0 aromatic carbocycles. The molecule has 0 fully saturated rings. The third kappa shape index (κ3) is 7.81. The quantitative estimate of drug-likeness (QED) is 0.472. The molecule has 0 aliphatic rings. The number of halogens is 2. The van der Waals surface area contributed by atoms with Crippen LogP contribution in [0.1, 0.15) is 52.9 Å². The fourth-order valence-electron chi connectivity index (χ4n) is 2.58. The summed E-state index contributed by atoms with van der Waals surface area (Å²) in [5.41, 5.74) is 0. The number of rotatable bonds is 11. The van der Waals surface area contributed by atoms with Crippen LogP contribution in [0.2, 0.25) is 0 Å². The molecule has 0 aliphatic heterocycles. The second-order valence-electron chi connectivity index (χ2n) is 5.94. The Bertz CT molecular complexity index is 499. The largest absolute Gasteiger partial charge is 0.357 e. The van der Waals surface area contributed by atoms with Gasteiger partial charge in [-0.2, -0.15) is 8.78 Å². The smallest absolute Gasteiger partial charge is 0.319 e.